The lowest BCUT2D eigenvalue weighted by atomic mass is 10.7. The Kier molecular flexibility index (Phi) is 3.27. The first kappa shape index (κ1) is 8.62. The van der Waals surface area contributed by atoms with Gasteiger partial charge in [0.2, 0.25) is 0 Å². The van der Waals surface area contributed by atoms with Crippen LogP contribution in [-0.4, -0.2) is 30.5 Å². The van der Waals surface area contributed by atoms with Crippen LogP contribution in [0.15, 0.2) is 12.7 Å². The third kappa shape index (κ3) is 2.29. The standard InChI is InChI=1S/C7H13BrOS/c1-2-5-10(8)6-3-9-4-7-10/h2H,1,3-7H2. The Balaban J connectivity index is 2.39. The van der Waals surface area contributed by atoms with Crippen molar-refractivity contribution in [2.75, 3.05) is 30.5 Å². The summed E-state index contributed by atoms with van der Waals surface area (Å²) in [6.45, 7) is 5.60. The van der Waals surface area contributed by atoms with Crippen LogP contribution in [0.5, 0.6) is 0 Å². The van der Waals surface area contributed by atoms with E-state index in [1.807, 2.05) is 6.08 Å². The third-order valence-corrected chi connectivity index (χ3v) is 6.97. The Morgan fingerprint density at radius 2 is 2.10 bits per heavy atom. The third-order valence-electron chi connectivity index (χ3n) is 1.60. The monoisotopic (exact) mass is 224 g/mol. The van der Waals surface area contributed by atoms with Crippen LogP contribution in [0.4, 0.5) is 0 Å². The Labute approximate surface area is 71.3 Å². The van der Waals surface area contributed by atoms with Crippen molar-refractivity contribution in [1.29, 1.82) is 0 Å². The van der Waals surface area contributed by atoms with Crippen molar-refractivity contribution in [3.63, 3.8) is 0 Å². The first-order valence-electron chi connectivity index (χ1n) is 3.41. The first-order valence-corrected chi connectivity index (χ1v) is 7.40. The lowest BCUT2D eigenvalue weighted by Gasteiger charge is -2.35. The van der Waals surface area contributed by atoms with Crippen molar-refractivity contribution in [3.8, 4) is 0 Å². The maximum absolute atomic E-state index is 5.27. The van der Waals surface area contributed by atoms with Gasteiger partial charge in [-0.1, -0.05) is 6.08 Å². The summed E-state index contributed by atoms with van der Waals surface area (Å²) in [5.41, 5.74) is 0. The van der Waals surface area contributed by atoms with Gasteiger partial charge >= 0.3 is 0 Å². The van der Waals surface area contributed by atoms with E-state index in [1.165, 1.54) is 11.5 Å². The van der Waals surface area contributed by atoms with E-state index in [0.29, 0.717) is 0 Å². The lowest BCUT2D eigenvalue weighted by molar-refractivity contribution is 0.160. The average molecular weight is 225 g/mol. The minimum absolute atomic E-state index is 0.521. The van der Waals surface area contributed by atoms with Crippen LogP contribution in [0.1, 0.15) is 0 Å². The van der Waals surface area contributed by atoms with Crippen LogP contribution in [0.2, 0.25) is 0 Å². The summed E-state index contributed by atoms with van der Waals surface area (Å²) < 4.78 is 5.27. The molecule has 1 heterocycles. The maximum atomic E-state index is 5.27. The second-order valence-corrected chi connectivity index (χ2v) is 9.57. The molecule has 0 spiro atoms. The molecular formula is C7H13BrOS. The van der Waals surface area contributed by atoms with Gasteiger partial charge in [-0.15, -0.1) is 6.58 Å². The first-order chi connectivity index (χ1) is 4.77. The second kappa shape index (κ2) is 3.79. The zero-order valence-electron chi connectivity index (χ0n) is 6.01. The van der Waals surface area contributed by atoms with Gasteiger partial charge in [0.25, 0.3) is 0 Å². The molecule has 1 aliphatic heterocycles. The van der Waals surface area contributed by atoms with E-state index in [4.69, 9.17) is 4.74 Å². The summed E-state index contributed by atoms with van der Waals surface area (Å²) in [5, 5.41) is 0. The van der Waals surface area contributed by atoms with E-state index in [-0.39, 0.29) is 0 Å². The van der Waals surface area contributed by atoms with Gasteiger partial charge in [-0.2, -0.15) is 8.46 Å². The molecule has 0 aromatic carbocycles. The van der Waals surface area contributed by atoms with Gasteiger partial charge in [0.05, 0.1) is 13.2 Å². The molecule has 0 N–H and O–H groups in total. The molecule has 1 saturated heterocycles. The zero-order chi connectivity index (χ0) is 7.45. The van der Waals surface area contributed by atoms with Crippen molar-refractivity contribution in [3.05, 3.63) is 12.7 Å². The molecule has 1 aliphatic rings. The second-order valence-electron chi connectivity index (χ2n) is 2.42. The fraction of sp³-hybridized carbons (Fsp3) is 0.714. The summed E-state index contributed by atoms with van der Waals surface area (Å²) >= 11 is 3.79. The van der Waals surface area contributed by atoms with Gasteiger partial charge in [0, 0.05) is 17.3 Å². The summed E-state index contributed by atoms with van der Waals surface area (Å²) in [4.78, 5) is 0. The van der Waals surface area contributed by atoms with Crippen LogP contribution in [0.3, 0.4) is 0 Å². The van der Waals surface area contributed by atoms with Crippen molar-refractivity contribution >= 4 is 23.3 Å². The van der Waals surface area contributed by atoms with Gasteiger partial charge in [-0.3, -0.25) is 0 Å². The van der Waals surface area contributed by atoms with Crippen LogP contribution in [0, 0.1) is 0 Å². The SMILES string of the molecule is C=CCS1(Br)CCOCC1. The number of hydrogen-bond acceptors (Lipinski definition) is 1. The number of hydrogen-bond donors (Lipinski definition) is 0. The number of halogens is 1. The molecule has 0 amide bonds. The topological polar surface area (TPSA) is 9.23 Å². The Morgan fingerprint density at radius 3 is 2.60 bits per heavy atom. The maximum Gasteiger partial charge on any atom is 0.0550 e. The Morgan fingerprint density at radius 1 is 1.50 bits per heavy atom. The minimum Gasteiger partial charge on any atom is -0.380 e. The largest absolute Gasteiger partial charge is 0.380 e. The van der Waals surface area contributed by atoms with Crippen LogP contribution in [0.25, 0.3) is 0 Å². The van der Waals surface area contributed by atoms with Crippen molar-refractivity contribution < 1.29 is 4.74 Å². The predicted molar refractivity (Wildman–Crippen MR) is 52.1 cm³/mol. The van der Waals surface area contributed by atoms with E-state index in [0.717, 1.165) is 19.0 Å². The molecule has 1 nitrogen and oxygen atoms in total. The summed E-state index contributed by atoms with van der Waals surface area (Å²) in [7, 11) is -0.521. The highest BCUT2D eigenvalue weighted by Gasteiger charge is 2.21. The molecule has 3 heteroatoms. The fourth-order valence-corrected chi connectivity index (χ4v) is 4.15. The van der Waals surface area contributed by atoms with E-state index >= 15 is 0 Å². The van der Waals surface area contributed by atoms with Crippen molar-refractivity contribution in [2.45, 2.75) is 0 Å². The average Bonchev–Trinajstić information content (AvgIpc) is 1.89. The number of rotatable bonds is 2. The van der Waals surface area contributed by atoms with Gasteiger partial charge in [-0.25, -0.2) is 0 Å². The number of ether oxygens (including phenoxy) is 1. The molecule has 0 aliphatic carbocycles. The summed E-state index contributed by atoms with van der Waals surface area (Å²) in [6.07, 6.45) is 2.01. The van der Waals surface area contributed by atoms with Crippen molar-refractivity contribution in [1.82, 2.24) is 0 Å². The lowest BCUT2D eigenvalue weighted by Crippen LogP contribution is -2.21. The molecule has 0 saturated carbocycles. The van der Waals surface area contributed by atoms with E-state index in [9.17, 15) is 0 Å². The molecule has 0 aromatic rings. The zero-order valence-corrected chi connectivity index (χ0v) is 8.42. The molecule has 10 heavy (non-hydrogen) atoms. The van der Waals surface area contributed by atoms with Gasteiger partial charge in [0.1, 0.15) is 0 Å². The predicted octanol–water partition coefficient (Wildman–Crippen LogP) is 2.32. The van der Waals surface area contributed by atoms with Crippen molar-refractivity contribution in [2.24, 2.45) is 0 Å². The van der Waals surface area contributed by atoms with Gasteiger partial charge < -0.3 is 4.74 Å². The van der Waals surface area contributed by atoms with Crippen LogP contribution >= 0.6 is 23.3 Å². The molecule has 0 bridgehead atoms. The smallest absolute Gasteiger partial charge is 0.0550 e. The van der Waals surface area contributed by atoms with Crippen LogP contribution in [-0.2, 0) is 4.74 Å². The van der Waals surface area contributed by atoms with E-state index < -0.39 is 8.46 Å². The fourth-order valence-electron chi connectivity index (χ4n) is 0.999. The quantitative estimate of drug-likeness (QED) is 0.655. The van der Waals surface area contributed by atoms with Gasteiger partial charge in [-0.05, 0) is 14.8 Å². The molecule has 0 aromatic heterocycles. The van der Waals surface area contributed by atoms with Gasteiger partial charge in [0.15, 0.2) is 0 Å². The summed E-state index contributed by atoms with van der Waals surface area (Å²) in [5.74, 6) is 3.52. The van der Waals surface area contributed by atoms with E-state index in [1.54, 1.807) is 0 Å². The molecule has 60 valence electrons. The van der Waals surface area contributed by atoms with E-state index in [2.05, 4.69) is 21.4 Å². The molecule has 0 atom stereocenters. The highest BCUT2D eigenvalue weighted by atomic mass is 79.9. The molecule has 0 radical (unpaired) electrons. The molecule has 1 rings (SSSR count). The minimum atomic E-state index is -0.521. The highest BCUT2D eigenvalue weighted by molar-refractivity contribution is 9.58. The van der Waals surface area contributed by atoms with Crippen LogP contribution < -0.4 is 0 Å². The molecule has 0 unspecified atom stereocenters. The summed E-state index contributed by atoms with van der Waals surface area (Å²) in [6, 6.07) is 0. The molecular weight excluding hydrogens is 212 g/mol. The normalized spacial score (nSPS) is 27.3. The Hall–Kier alpha value is 0.530. The molecule has 1 fully saturated rings. The Bertz CT molecular complexity index is 121. The highest BCUT2D eigenvalue weighted by Crippen LogP contribution is 2.56.